The van der Waals surface area contributed by atoms with Gasteiger partial charge in [0.2, 0.25) is 0 Å². The highest BCUT2D eigenvalue weighted by Gasteiger charge is 2.29. The summed E-state index contributed by atoms with van der Waals surface area (Å²) in [6.45, 7) is 3.02. The summed E-state index contributed by atoms with van der Waals surface area (Å²) < 4.78 is 42.8. The fourth-order valence-corrected chi connectivity index (χ4v) is 1.89. The lowest BCUT2D eigenvalue weighted by atomic mass is 10.2. The van der Waals surface area contributed by atoms with Crippen LogP contribution in [0.5, 0.6) is 5.75 Å². The topological polar surface area (TPSA) is 21.3 Å². The monoisotopic (exact) mass is 295 g/mol. The first-order valence-electron chi connectivity index (χ1n) is 6.62. The van der Waals surface area contributed by atoms with E-state index >= 15 is 0 Å². The number of hydrogen-bond acceptors (Lipinski definition) is 2. The Balaban J connectivity index is 1.98. The molecule has 0 atom stereocenters. The number of rotatable bonds is 5. The SMILES string of the molecule is CCOc1cccc(CNc2ccc(C(F)(F)F)cc2)c1. The number of ether oxygens (including phenoxy) is 1. The maximum atomic E-state index is 12.5. The zero-order chi connectivity index (χ0) is 15.3. The van der Waals surface area contributed by atoms with Gasteiger partial charge in [-0.1, -0.05) is 12.1 Å². The summed E-state index contributed by atoms with van der Waals surface area (Å²) in [7, 11) is 0. The van der Waals surface area contributed by atoms with Crippen molar-refractivity contribution >= 4 is 5.69 Å². The molecule has 2 aromatic carbocycles. The predicted octanol–water partition coefficient (Wildman–Crippen LogP) is 4.72. The molecule has 0 aliphatic heterocycles. The molecule has 0 fully saturated rings. The van der Waals surface area contributed by atoms with Crippen molar-refractivity contribution in [3.05, 3.63) is 59.7 Å². The van der Waals surface area contributed by atoms with E-state index in [0.29, 0.717) is 18.8 Å². The molecule has 0 saturated carbocycles. The summed E-state index contributed by atoms with van der Waals surface area (Å²) in [5.74, 6) is 0.782. The van der Waals surface area contributed by atoms with Crippen molar-refractivity contribution < 1.29 is 17.9 Å². The van der Waals surface area contributed by atoms with Crippen LogP contribution in [-0.4, -0.2) is 6.61 Å². The van der Waals surface area contributed by atoms with E-state index in [9.17, 15) is 13.2 Å². The molecule has 0 spiro atoms. The molecule has 112 valence electrons. The van der Waals surface area contributed by atoms with Crippen molar-refractivity contribution in [2.24, 2.45) is 0 Å². The number of halogens is 3. The highest BCUT2D eigenvalue weighted by molar-refractivity contribution is 5.46. The summed E-state index contributed by atoms with van der Waals surface area (Å²) in [4.78, 5) is 0. The number of alkyl halides is 3. The van der Waals surface area contributed by atoms with Gasteiger partial charge in [0.25, 0.3) is 0 Å². The van der Waals surface area contributed by atoms with Gasteiger partial charge in [-0.15, -0.1) is 0 Å². The number of benzene rings is 2. The molecule has 0 saturated heterocycles. The minimum Gasteiger partial charge on any atom is -0.494 e. The van der Waals surface area contributed by atoms with E-state index in [1.165, 1.54) is 12.1 Å². The van der Waals surface area contributed by atoms with Crippen LogP contribution in [0.25, 0.3) is 0 Å². The molecular weight excluding hydrogens is 279 g/mol. The molecule has 21 heavy (non-hydrogen) atoms. The Morgan fingerprint density at radius 3 is 2.38 bits per heavy atom. The van der Waals surface area contributed by atoms with E-state index in [1.54, 1.807) is 0 Å². The van der Waals surface area contributed by atoms with Crippen molar-refractivity contribution in [2.45, 2.75) is 19.6 Å². The smallest absolute Gasteiger partial charge is 0.416 e. The second-order valence-electron chi connectivity index (χ2n) is 4.51. The summed E-state index contributed by atoms with van der Waals surface area (Å²) in [6, 6.07) is 12.6. The highest BCUT2D eigenvalue weighted by Crippen LogP contribution is 2.29. The molecule has 0 aliphatic carbocycles. The van der Waals surface area contributed by atoms with Crippen LogP contribution in [0.4, 0.5) is 18.9 Å². The second-order valence-corrected chi connectivity index (χ2v) is 4.51. The summed E-state index contributed by atoms with van der Waals surface area (Å²) in [5.41, 5.74) is 0.997. The van der Waals surface area contributed by atoms with Gasteiger partial charge in [-0.05, 0) is 48.9 Å². The lowest BCUT2D eigenvalue weighted by Crippen LogP contribution is -2.05. The Morgan fingerprint density at radius 2 is 1.76 bits per heavy atom. The molecule has 0 unspecified atom stereocenters. The average Bonchev–Trinajstić information content (AvgIpc) is 2.45. The van der Waals surface area contributed by atoms with E-state index in [4.69, 9.17) is 4.74 Å². The Hall–Kier alpha value is -2.17. The van der Waals surface area contributed by atoms with Gasteiger partial charge in [-0.25, -0.2) is 0 Å². The molecule has 2 rings (SSSR count). The second kappa shape index (κ2) is 6.52. The largest absolute Gasteiger partial charge is 0.494 e. The van der Waals surface area contributed by atoms with Crippen molar-refractivity contribution in [3.63, 3.8) is 0 Å². The van der Waals surface area contributed by atoms with Gasteiger partial charge in [-0.3, -0.25) is 0 Å². The van der Waals surface area contributed by atoms with Gasteiger partial charge in [0.05, 0.1) is 12.2 Å². The van der Waals surface area contributed by atoms with Crippen molar-refractivity contribution in [1.29, 1.82) is 0 Å². The normalized spacial score (nSPS) is 11.2. The minimum absolute atomic E-state index is 0.520. The molecule has 2 aromatic rings. The molecule has 0 bridgehead atoms. The number of hydrogen-bond donors (Lipinski definition) is 1. The first-order chi connectivity index (χ1) is 9.99. The Labute approximate surface area is 121 Å². The molecule has 0 amide bonds. The highest BCUT2D eigenvalue weighted by atomic mass is 19.4. The van der Waals surface area contributed by atoms with Crippen LogP contribution in [-0.2, 0) is 12.7 Å². The van der Waals surface area contributed by atoms with Crippen LogP contribution in [0, 0.1) is 0 Å². The summed E-state index contributed by atoms with van der Waals surface area (Å²) >= 11 is 0. The van der Waals surface area contributed by atoms with E-state index in [-0.39, 0.29) is 0 Å². The van der Waals surface area contributed by atoms with Crippen LogP contribution in [0.2, 0.25) is 0 Å². The average molecular weight is 295 g/mol. The zero-order valence-electron chi connectivity index (χ0n) is 11.6. The predicted molar refractivity (Wildman–Crippen MR) is 76.4 cm³/mol. The van der Waals surface area contributed by atoms with Gasteiger partial charge in [-0.2, -0.15) is 13.2 Å². The zero-order valence-corrected chi connectivity index (χ0v) is 11.6. The van der Waals surface area contributed by atoms with Gasteiger partial charge in [0, 0.05) is 12.2 Å². The van der Waals surface area contributed by atoms with Gasteiger partial charge < -0.3 is 10.1 Å². The minimum atomic E-state index is -4.30. The third kappa shape index (κ3) is 4.41. The first-order valence-corrected chi connectivity index (χ1v) is 6.62. The lowest BCUT2D eigenvalue weighted by molar-refractivity contribution is -0.137. The fraction of sp³-hybridized carbons (Fsp3) is 0.250. The Morgan fingerprint density at radius 1 is 1.05 bits per heavy atom. The van der Waals surface area contributed by atoms with Crippen LogP contribution in [0.1, 0.15) is 18.1 Å². The lowest BCUT2D eigenvalue weighted by Gasteiger charge is -2.10. The summed E-state index contributed by atoms with van der Waals surface area (Å²) in [5, 5.41) is 3.09. The van der Waals surface area contributed by atoms with Gasteiger partial charge >= 0.3 is 6.18 Å². The van der Waals surface area contributed by atoms with Crippen molar-refractivity contribution in [3.8, 4) is 5.75 Å². The van der Waals surface area contributed by atoms with Crippen LogP contribution in [0.3, 0.4) is 0 Å². The third-order valence-corrected chi connectivity index (χ3v) is 2.92. The summed E-state index contributed by atoms with van der Waals surface area (Å²) in [6.07, 6.45) is -4.30. The molecule has 0 radical (unpaired) electrons. The standard InChI is InChI=1S/C16H16F3NO/c1-2-21-15-5-3-4-12(10-15)11-20-14-8-6-13(7-9-14)16(17,18)19/h3-10,20H,2,11H2,1H3. The number of nitrogens with one attached hydrogen (secondary N) is 1. The van der Waals surface area contributed by atoms with Gasteiger partial charge in [0.1, 0.15) is 5.75 Å². The van der Waals surface area contributed by atoms with E-state index in [1.807, 2.05) is 31.2 Å². The maximum absolute atomic E-state index is 12.5. The molecule has 0 aliphatic rings. The van der Waals surface area contributed by atoms with E-state index < -0.39 is 11.7 Å². The fourth-order valence-electron chi connectivity index (χ4n) is 1.89. The van der Waals surface area contributed by atoms with Crippen LogP contribution < -0.4 is 10.1 Å². The Kier molecular flexibility index (Phi) is 4.73. The first kappa shape index (κ1) is 15.2. The molecule has 2 nitrogen and oxygen atoms in total. The van der Waals surface area contributed by atoms with E-state index in [2.05, 4.69) is 5.32 Å². The Bertz CT molecular complexity index is 579. The van der Waals surface area contributed by atoms with Crippen molar-refractivity contribution in [1.82, 2.24) is 0 Å². The van der Waals surface area contributed by atoms with Crippen LogP contribution >= 0.6 is 0 Å². The van der Waals surface area contributed by atoms with E-state index in [0.717, 1.165) is 23.4 Å². The quantitative estimate of drug-likeness (QED) is 0.862. The maximum Gasteiger partial charge on any atom is 0.416 e. The van der Waals surface area contributed by atoms with Crippen molar-refractivity contribution in [2.75, 3.05) is 11.9 Å². The third-order valence-electron chi connectivity index (χ3n) is 2.92. The molecular formula is C16H16F3NO. The van der Waals surface area contributed by atoms with Crippen LogP contribution in [0.15, 0.2) is 48.5 Å². The molecule has 0 heterocycles. The molecule has 1 N–H and O–H groups in total. The number of anilines is 1. The molecule has 0 aromatic heterocycles. The molecule has 5 heteroatoms. The van der Waals surface area contributed by atoms with Gasteiger partial charge in [0.15, 0.2) is 0 Å².